The lowest BCUT2D eigenvalue weighted by atomic mass is 10.1. The van der Waals surface area contributed by atoms with Crippen LogP contribution in [0.1, 0.15) is 35.3 Å². The fraction of sp³-hybridized carbons (Fsp3) is 0.227. The van der Waals surface area contributed by atoms with E-state index in [0.29, 0.717) is 23.5 Å². The van der Waals surface area contributed by atoms with E-state index >= 15 is 0 Å². The summed E-state index contributed by atoms with van der Waals surface area (Å²) in [6.45, 7) is 5.57. The molecular formula is C22H23N2O5-. The van der Waals surface area contributed by atoms with Gasteiger partial charge in [-0.2, -0.15) is 0 Å². The smallest absolute Gasteiger partial charge is 0.268 e. The van der Waals surface area contributed by atoms with E-state index in [4.69, 9.17) is 4.74 Å². The summed E-state index contributed by atoms with van der Waals surface area (Å²) in [5.74, 6) is -1.98. The van der Waals surface area contributed by atoms with Crippen LogP contribution in [0, 0.1) is 6.92 Å². The first-order valence-electron chi connectivity index (χ1n) is 9.14. The minimum absolute atomic E-state index is 0.0900. The van der Waals surface area contributed by atoms with Crippen molar-refractivity contribution in [3.8, 4) is 5.75 Å². The summed E-state index contributed by atoms with van der Waals surface area (Å²) in [5, 5.41) is 15.8. The van der Waals surface area contributed by atoms with E-state index in [2.05, 4.69) is 10.6 Å². The Morgan fingerprint density at radius 2 is 1.69 bits per heavy atom. The van der Waals surface area contributed by atoms with Crippen LogP contribution in [0.5, 0.6) is 5.75 Å². The van der Waals surface area contributed by atoms with E-state index in [1.807, 2.05) is 13.8 Å². The molecule has 0 radical (unpaired) electrons. The number of hydrogen-bond donors (Lipinski definition) is 2. The summed E-state index contributed by atoms with van der Waals surface area (Å²) in [5.41, 5.74) is 1.90. The average Bonchev–Trinajstić information content (AvgIpc) is 2.69. The third kappa shape index (κ3) is 6.49. The zero-order chi connectivity index (χ0) is 21.4. The molecule has 7 heteroatoms. The zero-order valence-corrected chi connectivity index (χ0v) is 16.5. The molecule has 0 fully saturated rings. The normalized spacial score (nSPS) is 12.0. The molecule has 0 spiro atoms. The Hall–Kier alpha value is -3.61. The van der Waals surface area contributed by atoms with Crippen LogP contribution in [0.25, 0.3) is 6.08 Å². The predicted octanol–water partition coefficient (Wildman–Crippen LogP) is 1.42. The molecule has 0 heterocycles. The first kappa shape index (κ1) is 21.7. The summed E-state index contributed by atoms with van der Waals surface area (Å²) in [6.07, 6.45) is 1.46. The van der Waals surface area contributed by atoms with Gasteiger partial charge in [-0.15, -0.1) is 0 Å². The second-order valence-electron chi connectivity index (χ2n) is 6.39. The molecule has 152 valence electrons. The lowest BCUT2D eigenvalue weighted by Crippen LogP contribution is -2.48. The number of benzene rings is 2. The molecule has 29 heavy (non-hydrogen) atoms. The van der Waals surface area contributed by atoms with Crippen LogP contribution in [0.4, 0.5) is 0 Å². The molecule has 0 aliphatic rings. The van der Waals surface area contributed by atoms with Gasteiger partial charge in [0.2, 0.25) is 0 Å². The van der Waals surface area contributed by atoms with Crippen molar-refractivity contribution < 1.29 is 24.2 Å². The number of nitrogens with one attached hydrogen (secondary N) is 2. The monoisotopic (exact) mass is 395 g/mol. The Balaban J connectivity index is 2.28. The highest BCUT2D eigenvalue weighted by atomic mass is 16.5. The number of rotatable bonds is 8. The molecule has 0 saturated carbocycles. The average molecular weight is 395 g/mol. The van der Waals surface area contributed by atoms with Crippen LogP contribution in [0.15, 0.2) is 54.2 Å². The number of amides is 2. The number of hydrogen-bond acceptors (Lipinski definition) is 5. The number of carbonyl (C=O) groups is 3. The van der Waals surface area contributed by atoms with Gasteiger partial charge in [-0.3, -0.25) is 9.59 Å². The maximum atomic E-state index is 12.5. The fourth-order valence-corrected chi connectivity index (χ4v) is 2.38. The molecule has 0 bridgehead atoms. The highest BCUT2D eigenvalue weighted by molar-refractivity contribution is 6.06. The third-order valence-electron chi connectivity index (χ3n) is 4.01. The molecule has 0 aliphatic heterocycles. The predicted molar refractivity (Wildman–Crippen MR) is 107 cm³/mol. The number of carboxylic acids is 1. The molecule has 0 unspecified atom stereocenters. The van der Waals surface area contributed by atoms with E-state index in [0.717, 1.165) is 5.56 Å². The van der Waals surface area contributed by atoms with Gasteiger partial charge in [-0.25, -0.2) is 0 Å². The number of carboxylic acid groups (broad SMARTS) is 1. The Morgan fingerprint density at radius 1 is 1.07 bits per heavy atom. The van der Waals surface area contributed by atoms with E-state index < -0.39 is 23.8 Å². The highest BCUT2D eigenvalue weighted by Gasteiger charge is 2.17. The van der Waals surface area contributed by atoms with Gasteiger partial charge in [0, 0.05) is 5.56 Å². The van der Waals surface area contributed by atoms with Gasteiger partial charge >= 0.3 is 0 Å². The largest absolute Gasteiger partial charge is 0.548 e. The van der Waals surface area contributed by atoms with E-state index in [9.17, 15) is 19.5 Å². The van der Waals surface area contributed by atoms with E-state index in [-0.39, 0.29) is 5.70 Å². The van der Waals surface area contributed by atoms with Gasteiger partial charge in [-0.05, 0) is 56.7 Å². The molecule has 0 aliphatic carbocycles. The summed E-state index contributed by atoms with van der Waals surface area (Å²) >= 11 is 0. The molecule has 2 aromatic carbocycles. The molecule has 7 nitrogen and oxygen atoms in total. The summed E-state index contributed by atoms with van der Waals surface area (Å²) in [6, 6.07) is 12.5. The fourth-order valence-electron chi connectivity index (χ4n) is 2.38. The molecule has 2 rings (SSSR count). The third-order valence-corrected chi connectivity index (χ3v) is 4.01. The Kier molecular flexibility index (Phi) is 7.54. The van der Waals surface area contributed by atoms with Crippen molar-refractivity contribution in [3.63, 3.8) is 0 Å². The Morgan fingerprint density at radius 3 is 2.24 bits per heavy atom. The van der Waals surface area contributed by atoms with Gasteiger partial charge in [0.25, 0.3) is 11.8 Å². The number of aryl methyl sites for hydroxylation is 1. The van der Waals surface area contributed by atoms with Crippen molar-refractivity contribution in [2.45, 2.75) is 26.8 Å². The SMILES string of the molecule is CCOc1ccc(/C=C(/NC(=O)c2ccc(C)cc2)C(=O)N[C@@H](C)C(=O)[O-])cc1. The van der Waals surface area contributed by atoms with Gasteiger partial charge in [0.15, 0.2) is 0 Å². The summed E-state index contributed by atoms with van der Waals surface area (Å²) < 4.78 is 5.38. The van der Waals surface area contributed by atoms with Crippen molar-refractivity contribution >= 4 is 23.9 Å². The first-order chi connectivity index (χ1) is 13.8. The van der Waals surface area contributed by atoms with Crippen molar-refractivity contribution in [1.82, 2.24) is 10.6 Å². The summed E-state index contributed by atoms with van der Waals surface area (Å²) in [7, 11) is 0. The van der Waals surface area contributed by atoms with Crippen LogP contribution in [0.2, 0.25) is 0 Å². The topological polar surface area (TPSA) is 108 Å². The number of carbonyl (C=O) groups excluding carboxylic acids is 3. The van der Waals surface area contributed by atoms with Crippen molar-refractivity contribution in [3.05, 3.63) is 70.9 Å². The minimum atomic E-state index is -1.43. The van der Waals surface area contributed by atoms with Gasteiger partial charge in [0.05, 0.1) is 18.6 Å². The maximum Gasteiger partial charge on any atom is 0.268 e. The molecule has 1 atom stereocenters. The van der Waals surface area contributed by atoms with Crippen LogP contribution in [0.3, 0.4) is 0 Å². The van der Waals surface area contributed by atoms with Crippen LogP contribution in [-0.2, 0) is 9.59 Å². The second-order valence-corrected chi connectivity index (χ2v) is 6.39. The standard InChI is InChI=1S/C22H24N2O5/c1-4-29-18-11-7-16(8-12-18)13-19(21(26)23-15(3)22(27)28)24-20(25)17-9-5-14(2)6-10-17/h5-13,15H,4H2,1-3H3,(H,23,26)(H,24,25)(H,27,28)/p-1/b19-13+/t15-/m0/s1. The lowest BCUT2D eigenvalue weighted by molar-refractivity contribution is -0.307. The molecule has 2 amide bonds. The van der Waals surface area contributed by atoms with Crippen LogP contribution < -0.4 is 20.5 Å². The van der Waals surface area contributed by atoms with Crippen LogP contribution >= 0.6 is 0 Å². The van der Waals surface area contributed by atoms with Crippen LogP contribution in [-0.4, -0.2) is 30.4 Å². The molecule has 2 N–H and O–H groups in total. The van der Waals surface area contributed by atoms with Gasteiger partial charge in [-0.1, -0.05) is 29.8 Å². The van der Waals surface area contributed by atoms with Gasteiger partial charge < -0.3 is 25.3 Å². The molecule has 2 aromatic rings. The van der Waals surface area contributed by atoms with Crippen molar-refractivity contribution in [2.24, 2.45) is 0 Å². The second kappa shape index (κ2) is 10.1. The van der Waals surface area contributed by atoms with Crippen molar-refractivity contribution in [2.75, 3.05) is 6.61 Å². The Labute approximate surface area is 169 Å². The van der Waals surface area contributed by atoms with E-state index in [1.54, 1.807) is 48.5 Å². The molecule has 0 aromatic heterocycles. The van der Waals surface area contributed by atoms with Crippen molar-refractivity contribution in [1.29, 1.82) is 0 Å². The lowest BCUT2D eigenvalue weighted by Gasteiger charge is -2.17. The molecule has 0 saturated heterocycles. The number of ether oxygens (including phenoxy) is 1. The first-order valence-corrected chi connectivity index (χ1v) is 9.14. The maximum absolute atomic E-state index is 12.5. The van der Waals surface area contributed by atoms with Gasteiger partial charge in [0.1, 0.15) is 11.4 Å². The number of aliphatic carboxylic acids is 1. The molecular weight excluding hydrogens is 372 g/mol. The quantitative estimate of drug-likeness (QED) is 0.658. The highest BCUT2D eigenvalue weighted by Crippen LogP contribution is 2.15. The minimum Gasteiger partial charge on any atom is -0.548 e. The van der Waals surface area contributed by atoms with E-state index in [1.165, 1.54) is 13.0 Å². The summed E-state index contributed by atoms with van der Waals surface area (Å²) in [4.78, 5) is 36.0. The zero-order valence-electron chi connectivity index (χ0n) is 16.5. The Bertz CT molecular complexity index is 902.